The maximum atomic E-state index is 14.3. The number of nitrogens with one attached hydrogen (secondary N) is 1. The Morgan fingerprint density at radius 1 is 1.22 bits per heavy atom. The van der Waals surface area contributed by atoms with E-state index in [9.17, 15) is 9.18 Å². The van der Waals surface area contributed by atoms with Crippen molar-refractivity contribution in [1.82, 2.24) is 15.3 Å². The molecular formula is C24H35FN4O3. The number of aryl methyl sites for hydroxylation is 1. The minimum Gasteiger partial charge on any atom is -0.491 e. The van der Waals surface area contributed by atoms with Crippen LogP contribution in [-0.2, 0) is 4.74 Å². The first kappa shape index (κ1) is 25.4. The third-order valence-electron chi connectivity index (χ3n) is 4.77. The molecule has 0 fully saturated rings. The van der Waals surface area contributed by atoms with E-state index in [0.717, 1.165) is 6.42 Å². The van der Waals surface area contributed by atoms with Gasteiger partial charge in [-0.05, 0) is 58.2 Å². The van der Waals surface area contributed by atoms with Crippen molar-refractivity contribution in [2.45, 2.75) is 60.5 Å². The molecule has 0 saturated carbocycles. The van der Waals surface area contributed by atoms with E-state index in [-0.39, 0.29) is 11.2 Å². The summed E-state index contributed by atoms with van der Waals surface area (Å²) >= 11 is 0. The van der Waals surface area contributed by atoms with Crippen molar-refractivity contribution >= 4 is 11.9 Å². The van der Waals surface area contributed by atoms with E-state index in [1.165, 1.54) is 12.3 Å². The number of halogens is 1. The number of nitrogen functional groups attached to an aromatic ring is 1. The number of carbonyl (C=O) groups excluding carboxylic acids is 1. The highest BCUT2D eigenvalue weighted by molar-refractivity contribution is 5.67. The summed E-state index contributed by atoms with van der Waals surface area (Å²) in [5, 5.41) is 2.86. The molecular weight excluding hydrogens is 411 g/mol. The van der Waals surface area contributed by atoms with E-state index in [1.54, 1.807) is 19.1 Å². The van der Waals surface area contributed by atoms with Crippen LogP contribution in [0.2, 0.25) is 0 Å². The van der Waals surface area contributed by atoms with Crippen LogP contribution >= 0.6 is 0 Å². The Morgan fingerprint density at radius 2 is 1.91 bits per heavy atom. The summed E-state index contributed by atoms with van der Waals surface area (Å²) in [6.07, 6.45) is 1.84. The highest BCUT2D eigenvalue weighted by atomic mass is 19.1. The van der Waals surface area contributed by atoms with Gasteiger partial charge in [0.05, 0.1) is 18.0 Å². The van der Waals surface area contributed by atoms with Crippen molar-refractivity contribution in [3.8, 4) is 17.0 Å². The average molecular weight is 447 g/mol. The second kappa shape index (κ2) is 10.1. The van der Waals surface area contributed by atoms with Crippen LogP contribution in [0.1, 0.15) is 53.7 Å². The maximum Gasteiger partial charge on any atom is 0.407 e. The number of aromatic nitrogens is 2. The zero-order valence-electron chi connectivity index (χ0n) is 20.1. The number of amides is 1. The zero-order valence-corrected chi connectivity index (χ0v) is 20.1. The Labute approximate surface area is 189 Å². The van der Waals surface area contributed by atoms with Gasteiger partial charge in [0.2, 0.25) is 0 Å². The summed E-state index contributed by atoms with van der Waals surface area (Å²) in [4.78, 5) is 20.3. The Balaban J connectivity index is 2.11. The molecule has 0 spiro atoms. The van der Waals surface area contributed by atoms with Crippen LogP contribution < -0.4 is 15.8 Å². The van der Waals surface area contributed by atoms with Crippen molar-refractivity contribution in [2.24, 2.45) is 11.3 Å². The van der Waals surface area contributed by atoms with Crippen LogP contribution in [0.5, 0.6) is 5.75 Å². The Bertz CT molecular complexity index is 943. The third kappa shape index (κ3) is 7.35. The van der Waals surface area contributed by atoms with Gasteiger partial charge >= 0.3 is 6.09 Å². The summed E-state index contributed by atoms with van der Waals surface area (Å²) in [5.41, 5.74) is 6.07. The molecule has 2 aromatic rings. The lowest BCUT2D eigenvalue weighted by Gasteiger charge is -2.32. The van der Waals surface area contributed by atoms with E-state index >= 15 is 0 Å². The van der Waals surface area contributed by atoms with Gasteiger partial charge in [-0.15, -0.1) is 0 Å². The molecule has 2 aromatic heterocycles. The van der Waals surface area contributed by atoms with Crippen LogP contribution in [0.15, 0.2) is 24.4 Å². The van der Waals surface area contributed by atoms with Crippen molar-refractivity contribution in [1.29, 1.82) is 0 Å². The first-order chi connectivity index (χ1) is 14.8. The summed E-state index contributed by atoms with van der Waals surface area (Å²) in [5.74, 6) is 0.254. The Kier molecular flexibility index (Phi) is 8.04. The van der Waals surface area contributed by atoms with E-state index in [0.29, 0.717) is 41.8 Å². The molecule has 0 aromatic carbocycles. The lowest BCUT2D eigenvalue weighted by Crippen LogP contribution is -2.42. The van der Waals surface area contributed by atoms with Gasteiger partial charge in [0, 0.05) is 23.7 Å². The van der Waals surface area contributed by atoms with E-state index in [4.69, 9.17) is 15.2 Å². The van der Waals surface area contributed by atoms with E-state index in [1.807, 2.05) is 20.8 Å². The predicted molar refractivity (Wildman–Crippen MR) is 124 cm³/mol. The lowest BCUT2D eigenvalue weighted by atomic mass is 9.82. The van der Waals surface area contributed by atoms with Crippen molar-refractivity contribution in [3.05, 3.63) is 35.9 Å². The maximum absolute atomic E-state index is 14.3. The summed E-state index contributed by atoms with van der Waals surface area (Å²) < 4.78 is 25.7. The first-order valence-corrected chi connectivity index (χ1v) is 10.8. The summed E-state index contributed by atoms with van der Waals surface area (Å²) in [6, 6.07) is 5.00. The van der Waals surface area contributed by atoms with Gasteiger partial charge in [-0.1, -0.05) is 20.8 Å². The second-order valence-electron chi connectivity index (χ2n) is 9.89. The third-order valence-corrected chi connectivity index (χ3v) is 4.77. The van der Waals surface area contributed by atoms with Crippen LogP contribution in [0.4, 0.5) is 15.0 Å². The van der Waals surface area contributed by atoms with E-state index in [2.05, 4.69) is 36.1 Å². The molecule has 0 aliphatic heterocycles. The largest absolute Gasteiger partial charge is 0.491 e. The molecule has 8 heteroatoms. The van der Waals surface area contributed by atoms with Crippen LogP contribution in [0.3, 0.4) is 0 Å². The second-order valence-corrected chi connectivity index (χ2v) is 9.89. The molecule has 7 nitrogen and oxygen atoms in total. The average Bonchev–Trinajstić information content (AvgIpc) is 2.66. The first-order valence-electron chi connectivity index (χ1n) is 10.8. The van der Waals surface area contributed by atoms with Crippen LogP contribution in [-0.4, -0.2) is 34.8 Å². The van der Waals surface area contributed by atoms with Gasteiger partial charge in [-0.2, -0.15) is 0 Å². The van der Waals surface area contributed by atoms with E-state index < -0.39 is 17.5 Å². The molecule has 0 saturated heterocycles. The number of pyridine rings is 2. The Morgan fingerprint density at radius 3 is 2.50 bits per heavy atom. The fourth-order valence-corrected chi connectivity index (χ4v) is 3.53. The van der Waals surface area contributed by atoms with Gasteiger partial charge in [-0.25, -0.2) is 19.2 Å². The quantitative estimate of drug-likeness (QED) is 0.583. The number of alkyl carbamates (subject to hydrolysis) is 1. The van der Waals surface area contributed by atoms with Crippen molar-refractivity contribution < 1.29 is 18.7 Å². The van der Waals surface area contributed by atoms with Crippen LogP contribution in [0, 0.1) is 24.1 Å². The van der Waals surface area contributed by atoms with Crippen molar-refractivity contribution in [3.63, 3.8) is 0 Å². The predicted octanol–water partition coefficient (Wildman–Crippen LogP) is 5.13. The van der Waals surface area contributed by atoms with Gasteiger partial charge in [0.25, 0.3) is 0 Å². The Hall–Kier alpha value is -2.90. The molecule has 0 aliphatic rings. The minimum atomic E-state index is -0.592. The molecule has 1 amide bonds. The molecule has 0 bridgehead atoms. The summed E-state index contributed by atoms with van der Waals surface area (Å²) in [6.45, 7) is 14.4. The highest BCUT2D eigenvalue weighted by Gasteiger charge is 2.29. The smallest absolute Gasteiger partial charge is 0.407 e. The highest BCUT2D eigenvalue weighted by Crippen LogP contribution is 2.30. The molecule has 32 heavy (non-hydrogen) atoms. The molecule has 1 unspecified atom stereocenters. The fourth-order valence-electron chi connectivity index (χ4n) is 3.53. The number of nitrogens with two attached hydrogens (primary N) is 1. The number of hydrogen-bond acceptors (Lipinski definition) is 6. The fraction of sp³-hybridized carbons (Fsp3) is 0.542. The molecule has 2 heterocycles. The number of rotatable bonds is 8. The standard InChI is InChI=1S/C24H35FN4O3/c1-15(2)12-24(7,13-28-22(30)32-23(4,5)6)14-31-19-9-8-18(29-16(19)3)17-10-11-27-21(26)20(17)25/h8-11,15H,12-14H2,1-7H3,(H2,26,27)(H,28,30). The number of nitrogens with zero attached hydrogens (tertiary/aromatic N) is 2. The lowest BCUT2D eigenvalue weighted by molar-refractivity contribution is 0.0471. The number of hydrogen-bond donors (Lipinski definition) is 2. The summed E-state index contributed by atoms with van der Waals surface area (Å²) in [7, 11) is 0. The monoisotopic (exact) mass is 446 g/mol. The van der Waals surface area contributed by atoms with Gasteiger partial charge in [0.15, 0.2) is 11.6 Å². The van der Waals surface area contributed by atoms with Gasteiger partial charge in [-0.3, -0.25) is 0 Å². The van der Waals surface area contributed by atoms with Gasteiger partial charge < -0.3 is 20.5 Å². The van der Waals surface area contributed by atoms with Gasteiger partial charge in [0.1, 0.15) is 11.4 Å². The van der Waals surface area contributed by atoms with Crippen LogP contribution in [0.25, 0.3) is 11.3 Å². The minimum absolute atomic E-state index is 0.163. The molecule has 176 valence electrons. The molecule has 3 N–H and O–H groups in total. The molecule has 2 rings (SSSR count). The number of ether oxygens (including phenoxy) is 2. The SMILES string of the molecule is Cc1nc(-c2ccnc(N)c2F)ccc1OCC(C)(CNC(=O)OC(C)(C)C)CC(C)C. The molecule has 0 aliphatic carbocycles. The zero-order chi connectivity index (χ0) is 24.1. The number of anilines is 1. The molecule has 0 radical (unpaired) electrons. The number of carbonyl (C=O) groups is 1. The topological polar surface area (TPSA) is 99.4 Å². The van der Waals surface area contributed by atoms with Crippen molar-refractivity contribution in [2.75, 3.05) is 18.9 Å². The normalized spacial score (nSPS) is 13.5. The molecule has 1 atom stereocenters.